The fourth-order valence-corrected chi connectivity index (χ4v) is 2.02. The van der Waals surface area contributed by atoms with Gasteiger partial charge in [0.2, 0.25) is 5.91 Å². The molecule has 0 aliphatic carbocycles. The van der Waals surface area contributed by atoms with E-state index in [1.54, 1.807) is 36.4 Å². The average Bonchev–Trinajstić information content (AvgIpc) is 2.48. The minimum Gasteiger partial charge on any atom is -0.346 e. The lowest BCUT2D eigenvalue weighted by Crippen LogP contribution is -2.26. The lowest BCUT2D eigenvalue weighted by molar-refractivity contribution is -0.114. The summed E-state index contributed by atoms with van der Waals surface area (Å²) in [5.41, 5.74) is 1.95. The van der Waals surface area contributed by atoms with Crippen molar-refractivity contribution in [2.24, 2.45) is 0 Å². The minimum absolute atomic E-state index is 0.165. The molecule has 0 aliphatic heterocycles. The van der Waals surface area contributed by atoms with Gasteiger partial charge in [-0.2, -0.15) is 0 Å². The molecule has 2 aromatic carbocycles. The van der Waals surface area contributed by atoms with Gasteiger partial charge in [-0.25, -0.2) is 4.39 Å². The van der Waals surface area contributed by atoms with Gasteiger partial charge in [0, 0.05) is 18.2 Å². The second kappa shape index (κ2) is 6.85. The third-order valence-electron chi connectivity index (χ3n) is 3.19. The molecule has 2 N–H and O–H groups in total. The molecule has 0 aromatic heterocycles. The maximum absolute atomic E-state index is 12.9. The highest BCUT2D eigenvalue weighted by Gasteiger charge is 2.11. The van der Waals surface area contributed by atoms with Crippen molar-refractivity contribution in [2.75, 3.05) is 5.32 Å². The molecule has 1 unspecified atom stereocenters. The van der Waals surface area contributed by atoms with Crippen molar-refractivity contribution in [3.05, 3.63) is 65.5 Å². The third-order valence-corrected chi connectivity index (χ3v) is 3.19. The number of hydrogen-bond acceptors (Lipinski definition) is 2. The van der Waals surface area contributed by atoms with Crippen molar-refractivity contribution < 1.29 is 14.0 Å². The van der Waals surface area contributed by atoms with Crippen molar-refractivity contribution in [1.82, 2.24) is 5.32 Å². The summed E-state index contributed by atoms with van der Waals surface area (Å²) < 4.78 is 12.9. The number of benzene rings is 2. The number of hydrogen-bond donors (Lipinski definition) is 2. The van der Waals surface area contributed by atoms with Crippen LogP contribution in [-0.4, -0.2) is 11.8 Å². The molecule has 0 saturated carbocycles. The lowest BCUT2D eigenvalue weighted by Gasteiger charge is -2.14. The molecule has 1 atom stereocenters. The second-order valence-corrected chi connectivity index (χ2v) is 5.01. The number of amides is 2. The molecule has 0 bridgehead atoms. The maximum atomic E-state index is 12.9. The predicted molar refractivity (Wildman–Crippen MR) is 83.0 cm³/mol. The van der Waals surface area contributed by atoms with Crippen LogP contribution in [0.2, 0.25) is 0 Å². The fraction of sp³-hybridized carbons (Fsp3) is 0.176. The molecule has 0 radical (unpaired) electrons. The Morgan fingerprint density at radius 3 is 2.14 bits per heavy atom. The van der Waals surface area contributed by atoms with E-state index in [1.165, 1.54) is 19.1 Å². The molecular weight excluding hydrogens is 283 g/mol. The molecular formula is C17H17FN2O2. The number of carbonyl (C=O) groups is 2. The highest BCUT2D eigenvalue weighted by molar-refractivity contribution is 5.95. The molecule has 22 heavy (non-hydrogen) atoms. The van der Waals surface area contributed by atoms with E-state index >= 15 is 0 Å². The van der Waals surface area contributed by atoms with Crippen molar-refractivity contribution in [2.45, 2.75) is 19.9 Å². The van der Waals surface area contributed by atoms with Crippen molar-refractivity contribution in [3.63, 3.8) is 0 Å². The fourth-order valence-electron chi connectivity index (χ4n) is 2.02. The van der Waals surface area contributed by atoms with Gasteiger partial charge >= 0.3 is 0 Å². The van der Waals surface area contributed by atoms with Crippen LogP contribution in [0.25, 0.3) is 0 Å². The molecule has 0 spiro atoms. The Labute approximate surface area is 128 Å². The van der Waals surface area contributed by atoms with E-state index in [9.17, 15) is 14.0 Å². The van der Waals surface area contributed by atoms with Gasteiger partial charge in [0.25, 0.3) is 5.91 Å². The van der Waals surface area contributed by atoms with Crippen LogP contribution in [0.1, 0.15) is 35.8 Å². The highest BCUT2D eigenvalue weighted by Crippen LogP contribution is 2.15. The largest absolute Gasteiger partial charge is 0.346 e. The smallest absolute Gasteiger partial charge is 0.251 e. The molecule has 2 aromatic rings. The second-order valence-electron chi connectivity index (χ2n) is 5.01. The molecule has 5 heteroatoms. The summed E-state index contributed by atoms with van der Waals surface area (Å²) in [6.45, 7) is 3.25. The zero-order chi connectivity index (χ0) is 16.1. The highest BCUT2D eigenvalue weighted by atomic mass is 19.1. The Morgan fingerprint density at radius 1 is 1.00 bits per heavy atom. The molecule has 0 fully saturated rings. The van der Waals surface area contributed by atoms with Crippen LogP contribution in [0.5, 0.6) is 0 Å². The molecule has 0 saturated heterocycles. The lowest BCUT2D eigenvalue weighted by atomic mass is 10.1. The van der Waals surface area contributed by atoms with Gasteiger partial charge in [-0.05, 0) is 48.9 Å². The van der Waals surface area contributed by atoms with Gasteiger partial charge in [0.05, 0.1) is 6.04 Å². The quantitative estimate of drug-likeness (QED) is 0.910. The van der Waals surface area contributed by atoms with Crippen LogP contribution in [0.4, 0.5) is 10.1 Å². The van der Waals surface area contributed by atoms with Crippen molar-refractivity contribution in [3.8, 4) is 0 Å². The Balaban J connectivity index is 2.02. The first-order valence-corrected chi connectivity index (χ1v) is 6.89. The molecule has 0 aliphatic rings. The van der Waals surface area contributed by atoms with Crippen LogP contribution in [0.15, 0.2) is 48.5 Å². The summed E-state index contributed by atoms with van der Waals surface area (Å²) in [6, 6.07) is 12.4. The molecule has 2 rings (SSSR count). The first-order valence-electron chi connectivity index (χ1n) is 6.89. The van der Waals surface area contributed by atoms with E-state index in [-0.39, 0.29) is 23.7 Å². The van der Waals surface area contributed by atoms with Gasteiger partial charge in [-0.15, -0.1) is 0 Å². The van der Waals surface area contributed by atoms with Crippen LogP contribution in [-0.2, 0) is 4.79 Å². The van der Waals surface area contributed by atoms with Gasteiger partial charge < -0.3 is 10.6 Å². The van der Waals surface area contributed by atoms with Crippen LogP contribution < -0.4 is 10.6 Å². The topological polar surface area (TPSA) is 58.2 Å². The maximum Gasteiger partial charge on any atom is 0.251 e. The summed E-state index contributed by atoms with van der Waals surface area (Å²) in [6.07, 6.45) is 0. The molecule has 0 heterocycles. The summed E-state index contributed by atoms with van der Waals surface area (Å²) in [7, 11) is 0. The van der Waals surface area contributed by atoms with Crippen LogP contribution in [0.3, 0.4) is 0 Å². The Hall–Kier alpha value is -2.69. The number of rotatable bonds is 4. The minimum atomic E-state index is -0.309. The van der Waals surface area contributed by atoms with E-state index < -0.39 is 0 Å². The number of halogens is 1. The van der Waals surface area contributed by atoms with Gasteiger partial charge in [-0.1, -0.05) is 12.1 Å². The summed E-state index contributed by atoms with van der Waals surface area (Å²) in [5.74, 6) is -0.704. The van der Waals surface area contributed by atoms with Gasteiger partial charge in [0.15, 0.2) is 0 Å². The SMILES string of the molecule is CC(=O)Nc1ccc(C(=O)NC(C)c2ccc(F)cc2)cc1. The zero-order valence-electron chi connectivity index (χ0n) is 12.4. The Kier molecular flexibility index (Phi) is 4.88. The monoisotopic (exact) mass is 300 g/mol. The predicted octanol–water partition coefficient (Wildman–Crippen LogP) is 3.28. The van der Waals surface area contributed by atoms with Gasteiger partial charge in [0.1, 0.15) is 5.82 Å². The van der Waals surface area contributed by atoms with E-state index in [1.807, 2.05) is 6.92 Å². The van der Waals surface area contributed by atoms with Crippen molar-refractivity contribution >= 4 is 17.5 Å². The zero-order valence-corrected chi connectivity index (χ0v) is 12.4. The molecule has 2 amide bonds. The Bertz CT molecular complexity index is 666. The summed E-state index contributed by atoms with van der Waals surface area (Å²) in [5, 5.41) is 5.48. The number of carbonyl (C=O) groups excluding carboxylic acids is 2. The van der Waals surface area contributed by atoms with Crippen molar-refractivity contribution in [1.29, 1.82) is 0 Å². The standard InChI is InChI=1S/C17H17FN2O2/c1-11(13-3-7-15(18)8-4-13)19-17(22)14-5-9-16(10-6-14)20-12(2)21/h3-11H,1-2H3,(H,19,22)(H,20,21). The molecule has 4 nitrogen and oxygen atoms in total. The first kappa shape index (κ1) is 15.7. The van der Waals surface area contributed by atoms with E-state index in [0.29, 0.717) is 11.3 Å². The van der Waals surface area contributed by atoms with E-state index in [4.69, 9.17) is 0 Å². The summed E-state index contributed by atoms with van der Waals surface area (Å²) >= 11 is 0. The number of anilines is 1. The van der Waals surface area contributed by atoms with E-state index in [2.05, 4.69) is 10.6 Å². The number of nitrogens with one attached hydrogen (secondary N) is 2. The van der Waals surface area contributed by atoms with Gasteiger partial charge in [-0.3, -0.25) is 9.59 Å². The average molecular weight is 300 g/mol. The first-order chi connectivity index (χ1) is 10.5. The van der Waals surface area contributed by atoms with E-state index in [0.717, 1.165) is 5.56 Å². The molecule has 114 valence electrons. The van der Waals surface area contributed by atoms with Crippen LogP contribution in [0, 0.1) is 5.82 Å². The third kappa shape index (κ3) is 4.15. The van der Waals surface area contributed by atoms with Crippen LogP contribution >= 0.6 is 0 Å². The summed E-state index contributed by atoms with van der Waals surface area (Å²) in [4.78, 5) is 23.1. The Morgan fingerprint density at radius 2 is 1.59 bits per heavy atom. The normalized spacial score (nSPS) is 11.6.